The van der Waals surface area contributed by atoms with Crippen molar-refractivity contribution in [2.24, 2.45) is 11.8 Å². The lowest BCUT2D eigenvalue weighted by molar-refractivity contribution is -0.133. The molecule has 1 N–H and O–H groups in total. The standard InChI is InChI=1S/C36H38O4/c1-5-11-27-17-19-34(40-36(38)22-26(4)29-15-9-10-16-29)32(23-27)30-18-20-33(31(24-30)12-6-2)39-35(37)21-25(3)28-13-7-8-14-28/h5-10,13-20,23-25,28,35,37H,1-2,11-12,21-22H2,3-4H3. The van der Waals surface area contributed by atoms with E-state index in [4.69, 9.17) is 9.47 Å². The Bertz CT molecular complexity index is 1380. The van der Waals surface area contributed by atoms with Crippen molar-refractivity contribution >= 4 is 5.97 Å². The van der Waals surface area contributed by atoms with Crippen LogP contribution >= 0.6 is 0 Å². The van der Waals surface area contributed by atoms with E-state index in [9.17, 15) is 9.90 Å². The van der Waals surface area contributed by atoms with Crippen LogP contribution in [0.5, 0.6) is 11.5 Å². The second-order valence-electron chi connectivity index (χ2n) is 10.4. The van der Waals surface area contributed by atoms with Gasteiger partial charge in [-0.1, -0.05) is 85.4 Å². The van der Waals surface area contributed by atoms with Crippen molar-refractivity contribution < 1.29 is 19.4 Å². The van der Waals surface area contributed by atoms with Crippen LogP contribution in [0.1, 0.15) is 37.8 Å². The fourth-order valence-electron chi connectivity index (χ4n) is 5.00. The molecule has 4 nitrogen and oxygen atoms in total. The van der Waals surface area contributed by atoms with Crippen molar-refractivity contribution in [1.82, 2.24) is 0 Å². The van der Waals surface area contributed by atoms with Gasteiger partial charge in [-0.2, -0.15) is 0 Å². The molecular weight excluding hydrogens is 496 g/mol. The van der Waals surface area contributed by atoms with E-state index in [1.54, 1.807) is 0 Å². The third kappa shape index (κ3) is 7.49. The Morgan fingerprint density at radius 1 is 0.975 bits per heavy atom. The molecule has 0 amide bonds. The van der Waals surface area contributed by atoms with Crippen LogP contribution in [0, 0.1) is 11.8 Å². The van der Waals surface area contributed by atoms with Crippen LogP contribution in [0.4, 0.5) is 0 Å². The van der Waals surface area contributed by atoms with Gasteiger partial charge in [0.15, 0.2) is 6.29 Å². The van der Waals surface area contributed by atoms with Gasteiger partial charge >= 0.3 is 5.97 Å². The summed E-state index contributed by atoms with van der Waals surface area (Å²) in [6, 6.07) is 11.7. The molecule has 4 heteroatoms. The van der Waals surface area contributed by atoms with Gasteiger partial charge in [-0.05, 0) is 78.1 Å². The molecule has 2 aliphatic rings. The summed E-state index contributed by atoms with van der Waals surface area (Å²) in [5.41, 5.74) is 5.66. The molecule has 0 saturated heterocycles. The lowest BCUT2D eigenvalue weighted by atomic mass is 9.92. The first-order valence-electron chi connectivity index (χ1n) is 13.8. The Balaban J connectivity index is 1.57. The van der Waals surface area contributed by atoms with Crippen LogP contribution in [-0.4, -0.2) is 17.4 Å². The van der Waals surface area contributed by atoms with E-state index in [2.05, 4.69) is 32.2 Å². The van der Waals surface area contributed by atoms with Crippen LogP contribution in [0.3, 0.4) is 0 Å². The minimum atomic E-state index is -0.929. The molecule has 40 heavy (non-hydrogen) atoms. The van der Waals surface area contributed by atoms with Gasteiger partial charge < -0.3 is 14.6 Å². The van der Waals surface area contributed by atoms with Gasteiger partial charge in [0.05, 0.1) is 6.42 Å². The molecule has 2 unspecified atom stereocenters. The zero-order valence-corrected chi connectivity index (χ0v) is 23.4. The van der Waals surface area contributed by atoms with Crippen LogP contribution < -0.4 is 9.47 Å². The fraction of sp³-hybridized carbons (Fsp3) is 0.250. The van der Waals surface area contributed by atoms with Crippen molar-refractivity contribution in [3.05, 3.63) is 133 Å². The maximum atomic E-state index is 12.9. The summed E-state index contributed by atoms with van der Waals surface area (Å²) in [5.74, 6) is 1.35. The first-order chi connectivity index (χ1) is 19.4. The van der Waals surface area contributed by atoms with Crippen molar-refractivity contribution in [1.29, 1.82) is 0 Å². The Labute approximate surface area is 238 Å². The van der Waals surface area contributed by atoms with E-state index in [0.29, 0.717) is 36.7 Å². The Hall–Kier alpha value is -4.15. The normalized spacial score (nSPS) is 15.3. The summed E-state index contributed by atoms with van der Waals surface area (Å²) in [5, 5.41) is 10.7. The smallest absolute Gasteiger partial charge is 0.315 e. The number of carbonyl (C=O) groups excluding carboxylic acids is 1. The van der Waals surface area contributed by atoms with Gasteiger partial charge in [0.25, 0.3) is 0 Å². The molecule has 0 aromatic heterocycles. The summed E-state index contributed by atoms with van der Waals surface area (Å²) in [4.78, 5) is 12.9. The molecule has 2 atom stereocenters. The number of ether oxygens (including phenoxy) is 2. The zero-order chi connectivity index (χ0) is 28.5. The molecule has 206 valence electrons. The van der Waals surface area contributed by atoms with E-state index in [0.717, 1.165) is 33.4 Å². The summed E-state index contributed by atoms with van der Waals surface area (Å²) < 4.78 is 11.9. The van der Waals surface area contributed by atoms with Crippen molar-refractivity contribution in [2.45, 2.75) is 45.8 Å². The number of carbonyl (C=O) groups is 1. The Kier molecular flexibility index (Phi) is 9.93. The van der Waals surface area contributed by atoms with Crippen LogP contribution in [0.2, 0.25) is 0 Å². The first kappa shape index (κ1) is 28.8. The number of allylic oxidation sites excluding steroid dienone is 11. The average Bonchev–Trinajstić information content (AvgIpc) is 3.66. The van der Waals surface area contributed by atoms with Gasteiger partial charge in [0.1, 0.15) is 11.5 Å². The van der Waals surface area contributed by atoms with E-state index in [1.807, 2.05) is 91.9 Å². The molecule has 0 spiro atoms. The monoisotopic (exact) mass is 534 g/mol. The number of hydrogen-bond acceptors (Lipinski definition) is 4. The molecule has 2 aromatic rings. The van der Waals surface area contributed by atoms with Gasteiger partial charge in [0.2, 0.25) is 0 Å². The van der Waals surface area contributed by atoms with Crippen molar-refractivity contribution in [3.8, 4) is 22.6 Å². The summed E-state index contributed by atoms with van der Waals surface area (Å²) >= 11 is 0. The highest BCUT2D eigenvalue weighted by atomic mass is 16.6. The van der Waals surface area contributed by atoms with Crippen LogP contribution in [-0.2, 0) is 17.6 Å². The Morgan fingerprint density at radius 2 is 1.68 bits per heavy atom. The number of benzene rings is 2. The topological polar surface area (TPSA) is 55.8 Å². The number of rotatable bonds is 13. The molecule has 0 aliphatic heterocycles. The molecule has 2 aliphatic carbocycles. The molecule has 2 aromatic carbocycles. The van der Waals surface area contributed by atoms with Crippen LogP contribution in [0.25, 0.3) is 11.1 Å². The Morgan fingerprint density at radius 3 is 2.38 bits per heavy atom. The number of esters is 1. The van der Waals surface area contributed by atoms with Crippen LogP contribution in [0.15, 0.2) is 121 Å². The second kappa shape index (κ2) is 13.8. The minimum absolute atomic E-state index is 0.203. The van der Waals surface area contributed by atoms with Crippen molar-refractivity contribution in [3.63, 3.8) is 0 Å². The number of aliphatic hydroxyl groups excluding tert-OH is 1. The highest BCUT2D eigenvalue weighted by Crippen LogP contribution is 2.36. The third-order valence-electron chi connectivity index (χ3n) is 7.22. The van der Waals surface area contributed by atoms with Gasteiger partial charge in [-0.25, -0.2) is 0 Å². The third-order valence-corrected chi connectivity index (χ3v) is 7.22. The van der Waals surface area contributed by atoms with Gasteiger partial charge in [-0.3, -0.25) is 4.79 Å². The summed E-state index contributed by atoms with van der Waals surface area (Å²) in [7, 11) is 0. The molecule has 0 saturated carbocycles. The SMILES string of the molecule is C=CCc1ccc(OC(=O)CC(C)=C2C=CC=C2)c(-c2ccc(OC(O)CC(C)C3C=CC=C3)c(CC=C)c2)c1. The summed E-state index contributed by atoms with van der Waals surface area (Å²) in [6.45, 7) is 11.8. The predicted octanol–water partition coefficient (Wildman–Crippen LogP) is 8.01. The quantitative estimate of drug-likeness (QED) is 0.122. The van der Waals surface area contributed by atoms with Gasteiger partial charge in [0, 0.05) is 12.0 Å². The van der Waals surface area contributed by atoms with Crippen molar-refractivity contribution in [2.75, 3.05) is 0 Å². The highest BCUT2D eigenvalue weighted by molar-refractivity contribution is 5.80. The molecule has 0 radical (unpaired) electrons. The predicted molar refractivity (Wildman–Crippen MR) is 163 cm³/mol. The fourth-order valence-corrected chi connectivity index (χ4v) is 5.00. The molecular formula is C36H38O4. The average molecular weight is 535 g/mol. The van der Waals surface area contributed by atoms with E-state index in [1.165, 1.54) is 0 Å². The lowest BCUT2D eigenvalue weighted by Gasteiger charge is -2.22. The van der Waals surface area contributed by atoms with E-state index < -0.39 is 6.29 Å². The lowest BCUT2D eigenvalue weighted by Crippen LogP contribution is -2.22. The molecule has 0 heterocycles. The minimum Gasteiger partial charge on any atom is -0.465 e. The highest BCUT2D eigenvalue weighted by Gasteiger charge is 2.20. The molecule has 0 fully saturated rings. The largest absolute Gasteiger partial charge is 0.465 e. The zero-order valence-electron chi connectivity index (χ0n) is 23.4. The first-order valence-corrected chi connectivity index (χ1v) is 13.8. The number of aliphatic hydroxyl groups is 1. The summed E-state index contributed by atoms with van der Waals surface area (Å²) in [6.07, 6.45) is 21.0. The maximum Gasteiger partial charge on any atom is 0.315 e. The van der Waals surface area contributed by atoms with E-state index >= 15 is 0 Å². The second-order valence-corrected chi connectivity index (χ2v) is 10.4. The number of hydrogen-bond donors (Lipinski definition) is 1. The maximum absolute atomic E-state index is 12.9. The van der Waals surface area contributed by atoms with E-state index in [-0.39, 0.29) is 18.3 Å². The molecule has 4 rings (SSSR count). The van der Waals surface area contributed by atoms with Gasteiger partial charge in [-0.15, -0.1) is 13.2 Å². The molecule has 0 bridgehead atoms.